The number of aromatic nitrogens is 2. The lowest BCUT2D eigenvalue weighted by Crippen LogP contribution is -2.36. The lowest BCUT2D eigenvalue weighted by atomic mass is 10.2. The van der Waals surface area contributed by atoms with Gasteiger partial charge in [-0.1, -0.05) is 0 Å². The molecule has 0 fully saturated rings. The van der Waals surface area contributed by atoms with Gasteiger partial charge in [0, 0.05) is 30.7 Å². The summed E-state index contributed by atoms with van der Waals surface area (Å²) in [6, 6.07) is 3.86. The van der Waals surface area contributed by atoms with E-state index in [-0.39, 0.29) is 24.2 Å². The molecule has 2 amide bonds. The lowest BCUT2D eigenvalue weighted by Gasteiger charge is -2.07. The van der Waals surface area contributed by atoms with Crippen molar-refractivity contribution in [2.45, 2.75) is 26.2 Å². The van der Waals surface area contributed by atoms with Crippen LogP contribution in [0.3, 0.4) is 0 Å². The molecule has 5 N–H and O–H groups in total. The van der Waals surface area contributed by atoms with E-state index < -0.39 is 0 Å². The number of hydrogen-bond acceptors (Lipinski definition) is 5. The zero-order chi connectivity index (χ0) is 17.7. The molecule has 0 unspecified atom stereocenters. The van der Waals surface area contributed by atoms with E-state index in [4.69, 9.17) is 11.1 Å². The van der Waals surface area contributed by atoms with E-state index in [9.17, 15) is 9.59 Å². The Hall–Kier alpha value is -2.68. The fourth-order valence-corrected chi connectivity index (χ4v) is 3.06. The summed E-state index contributed by atoms with van der Waals surface area (Å²) in [6.07, 6.45) is 1.68. The highest BCUT2D eigenvalue weighted by atomic mass is 32.1. The van der Waals surface area contributed by atoms with Crippen LogP contribution >= 0.6 is 11.3 Å². The molecule has 128 valence electrons. The smallest absolute Gasteiger partial charge is 0.232 e. The van der Waals surface area contributed by atoms with Crippen molar-refractivity contribution in [3.05, 3.63) is 34.6 Å². The van der Waals surface area contributed by atoms with Crippen molar-refractivity contribution in [1.29, 1.82) is 5.41 Å². The second-order valence-corrected chi connectivity index (χ2v) is 6.20. The topological polar surface area (TPSA) is 126 Å². The molecule has 2 rings (SSSR count). The molecule has 0 aliphatic rings. The molecule has 0 atom stereocenters. The first-order chi connectivity index (χ1) is 11.3. The van der Waals surface area contributed by atoms with E-state index in [0.29, 0.717) is 5.13 Å². The molecule has 2 aromatic rings. The van der Waals surface area contributed by atoms with Crippen LogP contribution in [0.25, 0.3) is 0 Å². The van der Waals surface area contributed by atoms with Crippen LogP contribution in [0.2, 0.25) is 0 Å². The van der Waals surface area contributed by atoms with E-state index in [1.807, 2.05) is 29.1 Å². The third-order valence-corrected chi connectivity index (χ3v) is 4.22. The highest BCUT2D eigenvalue weighted by Gasteiger charge is 2.11. The van der Waals surface area contributed by atoms with Crippen LogP contribution in [0.5, 0.6) is 0 Å². The van der Waals surface area contributed by atoms with E-state index in [1.165, 1.54) is 18.3 Å². The molecule has 8 nitrogen and oxygen atoms in total. The molecule has 2 aromatic heterocycles. The van der Waals surface area contributed by atoms with Crippen LogP contribution in [0.1, 0.15) is 24.0 Å². The number of nitrogens with zero attached hydrogens (tertiary/aromatic N) is 2. The summed E-state index contributed by atoms with van der Waals surface area (Å²) in [5, 5.41) is 14.5. The van der Waals surface area contributed by atoms with Gasteiger partial charge in [-0.15, -0.1) is 11.3 Å². The molecule has 0 spiro atoms. The van der Waals surface area contributed by atoms with Gasteiger partial charge in [-0.05, 0) is 25.0 Å². The zero-order valence-corrected chi connectivity index (χ0v) is 14.4. The van der Waals surface area contributed by atoms with E-state index in [0.717, 1.165) is 29.9 Å². The van der Waals surface area contributed by atoms with Gasteiger partial charge < -0.3 is 15.6 Å². The van der Waals surface area contributed by atoms with E-state index in [1.54, 1.807) is 0 Å². The second-order valence-electron chi connectivity index (χ2n) is 5.34. The summed E-state index contributed by atoms with van der Waals surface area (Å²) in [6.45, 7) is 1.45. The standard InChI is InChI=1S/C15H20N6O2S/c1-9(22)18-15-19-10(8-24-15)3-4-11-5-6-12(21(11)2)7-13(23)20-14(16)17/h5-6,8H,3-4,7H2,1-2H3,(H,18,19,22)(H4,16,17,20,23). The van der Waals surface area contributed by atoms with Gasteiger partial charge >= 0.3 is 0 Å². The SMILES string of the molecule is CC(=O)Nc1nc(CCc2ccc(CC(=O)NC(=N)N)n2C)cs1. The fraction of sp³-hybridized carbons (Fsp3) is 0.333. The van der Waals surface area contributed by atoms with Gasteiger partial charge in [-0.2, -0.15) is 0 Å². The number of hydrogen-bond donors (Lipinski definition) is 4. The molecule has 0 aliphatic heterocycles. The number of amides is 2. The van der Waals surface area contributed by atoms with Crippen molar-refractivity contribution >= 4 is 34.2 Å². The summed E-state index contributed by atoms with van der Waals surface area (Å²) in [5.74, 6) is -0.797. The first-order valence-corrected chi connectivity index (χ1v) is 8.22. The maximum Gasteiger partial charge on any atom is 0.232 e. The monoisotopic (exact) mass is 348 g/mol. The number of carbonyl (C=O) groups is 2. The van der Waals surface area contributed by atoms with Crippen molar-refractivity contribution in [1.82, 2.24) is 14.9 Å². The Morgan fingerprint density at radius 2 is 2.04 bits per heavy atom. The van der Waals surface area contributed by atoms with Gasteiger partial charge in [0.2, 0.25) is 11.8 Å². The van der Waals surface area contributed by atoms with Crippen LogP contribution in [0, 0.1) is 5.41 Å². The van der Waals surface area contributed by atoms with Crippen molar-refractivity contribution in [2.24, 2.45) is 12.8 Å². The third kappa shape index (κ3) is 4.92. The average Bonchev–Trinajstić information content (AvgIpc) is 3.04. The van der Waals surface area contributed by atoms with Crippen LogP contribution < -0.4 is 16.4 Å². The number of guanidine groups is 1. The summed E-state index contributed by atoms with van der Waals surface area (Å²) < 4.78 is 1.96. The van der Waals surface area contributed by atoms with Crippen molar-refractivity contribution < 1.29 is 9.59 Å². The van der Waals surface area contributed by atoms with Crippen molar-refractivity contribution in [3.8, 4) is 0 Å². The molecule has 0 aliphatic carbocycles. The number of anilines is 1. The normalized spacial score (nSPS) is 10.4. The van der Waals surface area contributed by atoms with Crippen LogP contribution in [0.4, 0.5) is 5.13 Å². The van der Waals surface area contributed by atoms with E-state index in [2.05, 4.69) is 15.6 Å². The van der Waals surface area contributed by atoms with Crippen LogP contribution in [0.15, 0.2) is 17.5 Å². The lowest BCUT2D eigenvalue weighted by molar-refractivity contribution is -0.119. The maximum atomic E-state index is 11.7. The second kappa shape index (κ2) is 7.73. The molecular weight excluding hydrogens is 328 g/mol. The van der Waals surface area contributed by atoms with Gasteiger partial charge in [-0.25, -0.2) is 4.98 Å². The van der Waals surface area contributed by atoms with Crippen molar-refractivity contribution in [3.63, 3.8) is 0 Å². The third-order valence-electron chi connectivity index (χ3n) is 3.42. The summed E-state index contributed by atoms with van der Waals surface area (Å²) in [4.78, 5) is 27.0. The minimum Gasteiger partial charge on any atom is -0.370 e. The predicted molar refractivity (Wildman–Crippen MR) is 93.0 cm³/mol. The molecule has 24 heavy (non-hydrogen) atoms. The number of rotatable bonds is 6. The summed E-state index contributed by atoms with van der Waals surface area (Å²) >= 11 is 1.40. The van der Waals surface area contributed by atoms with Gasteiger partial charge in [0.05, 0.1) is 12.1 Å². The van der Waals surface area contributed by atoms with Gasteiger partial charge in [0.1, 0.15) is 0 Å². The molecule has 0 aromatic carbocycles. The molecule has 0 saturated heterocycles. The number of nitrogens with one attached hydrogen (secondary N) is 3. The van der Waals surface area contributed by atoms with Gasteiger partial charge in [-0.3, -0.25) is 20.3 Å². The molecule has 0 bridgehead atoms. The quantitative estimate of drug-likeness (QED) is 0.454. The van der Waals surface area contributed by atoms with E-state index >= 15 is 0 Å². The number of aryl methyl sites for hydroxylation is 2. The fourth-order valence-electron chi connectivity index (χ4n) is 2.27. The zero-order valence-electron chi connectivity index (χ0n) is 13.5. The molecule has 2 heterocycles. The van der Waals surface area contributed by atoms with Gasteiger partial charge in [0.25, 0.3) is 0 Å². The summed E-state index contributed by atoms with van der Waals surface area (Å²) in [5.41, 5.74) is 7.99. The predicted octanol–water partition coefficient (Wildman–Crippen LogP) is 0.777. The Balaban J connectivity index is 1.94. The Morgan fingerprint density at radius 3 is 2.71 bits per heavy atom. The molecule has 0 radical (unpaired) electrons. The molecule has 9 heteroatoms. The Morgan fingerprint density at radius 1 is 1.33 bits per heavy atom. The Kier molecular flexibility index (Phi) is 5.69. The summed E-state index contributed by atoms with van der Waals surface area (Å²) in [7, 11) is 1.90. The Bertz CT molecular complexity index is 764. The van der Waals surface area contributed by atoms with Crippen LogP contribution in [-0.2, 0) is 35.9 Å². The highest BCUT2D eigenvalue weighted by molar-refractivity contribution is 7.13. The van der Waals surface area contributed by atoms with Crippen LogP contribution in [-0.4, -0.2) is 27.3 Å². The Labute approximate surface area is 143 Å². The first kappa shape index (κ1) is 17.7. The first-order valence-electron chi connectivity index (χ1n) is 7.34. The highest BCUT2D eigenvalue weighted by Crippen LogP contribution is 2.17. The van der Waals surface area contributed by atoms with Gasteiger partial charge in [0.15, 0.2) is 11.1 Å². The molecular formula is C15H20N6O2S. The minimum atomic E-state index is -0.354. The molecule has 0 saturated carbocycles. The minimum absolute atomic E-state index is 0.133. The number of nitrogens with two attached hydrogens (primary N) is 1. The maximum absolute atomic E-state index is 11.7. The largest absolute Gasteiger partial charge is 0.370 e. The number of thiazole rings is 1. The average molecular weight is 348 g/mol. The van der Waals surface area contributed by atoms with Crippen molar-refractivity contribution in [2.75, 3.05) is 5.32 Å². The number of carbonyl (C=O) groups excluding carboxylic acids is 2.